The molecule has 0 amide bonds. The summed E-state index contributed by atoms with van der Waals surface area (Å²) in [7, 11) is 1.50. The fourth-order valence-corrected chi connectivity index (χ4v) is 0.975. The lowest BCUT2D eigenvalue weighted by Gasteiger charge is -1.97. The Morgan fingerprint density at radius 3 is 1.80 bits per heavy atom. The third-order valence-corrected chi connectivity index (χ3v) is 1.77. The van der Waals surface area contributed by atoms with E-state index in [-0.39, 0.29) is 5.78 Å². The second-order valence-electron chi connectivity index (χ2n) is 2.61. The van der Waals surface area contributed by atoms with Gasteiger partial charge >= 0.3 is 0 Å². The quantitative estimate of drug-likeness (QED) is 0.761. The molecule has 0 aliphatic rings. The molecule has 2 nitrogen and oxygen atoms in total. The average Bonchev–Trinajstić information content (AvgIpc) is 2.34. The Kier molecular flexibility index (Phi) is 11.9. The summed E-state index contributed by atoms with van der Waals surface area (Å²) in [5.41, 5.74) is 6.57. The Bertz CT molecular complexity index is 252. The predicted molar refractivity (Wildman–Crippen MR) is 67.3 cm³/mol. The number of rotatable bonds is 2. The van der Waals surface area contributed by atoms with E-state index in [1.165, 1.54) is 12.6 Å². The number of Topliss-reactive ketones (excluding diaryl/α,β-unsaturated/α-hetero) is 1. The van der Waals surface area contributed by atoms with E-state index in [0.29, 0.717) is 0 Å². The van der Waals surface area contributed by atoms with Crippen molar-refractivity contribution in [3.8, 4) is 0 Å². The molecule has 2 N–H and O–H groups in total. The molecule has 0 saturated carbocycles. The van der Waals surface area contributed by atoms with Gasteiger partial charge in [-0.2, -0.15) is 0 Å². The molecule has 0 fully saturated rings. The van der Waals surface area contributed by atoms with Gasteiger partial charge in [0.2, 0.25) is 0 Å². The molecule has 0 aliphatic carbocycles. The van der Waals surface area contributed by atoms with Crippen LogP contribution >= 0.6 is 0 Å². The summed E-state index contributed by atoms with van der Waals surface area (Å²) in [6, 6.07) is 7.75. The van der Waals surface area contributed by atoms with Gasteiger partial charge < -0.3 is 5.73 Å². The van der Waals surface area contributed by atoms with Gasteiger partial charge in [0.1, 0.15) is 0 Å². The van der Waals surface area contributed by atoms with Gasteiger partial charge in [-0.1, -0.05) is 45.0 Å². The first-order valence-electron chi connectivity index (χ1n) is 5.41. The number of nitrogens with two attached hydrogens (primary N) is 1. The molecule has 0 spiro atoms. The average molecular weight is 209 g/mol. The summed E-state index contributed by atoms with van der Waals surface area (Å²) in [6.45, 7) is 7.68. The maximum atomic E-state index is 10.8. The molecule has 0 aliphatic heterocycles. The summed E-state index contributed by atoms with van der Waals surface area (Å²) in [6.07, 6.45) is 1.03. The first-order chi connectivity index (χ1) is 7.24. The van der Waals surface area contributed by atoms with Crippen molar-refractivity contribution in [2.24, 2.45) is 5.73 Å². The van der Waals surface area contributed by atoms with E-state index in [9.17, 15) is 4.79 Å². The second-order valence-corrected chi connectivity index (χ2v) is 2.61. The van der Waals surface area contributed by atoms with Crippen molar-refractivity contribution in [3.63, 3.8) is 0 Å². The first-order valence-corrected chi connectivity index (χ1v) is 5.41. The van der Waals surface area contributed by atoms with E-state index in [4.69, 9.17) is 0 Å². The lowest BCUT2D eigenvalue weighted by atomic mass is 10.1. The molecule has 2 heteroatoms. The zero-order valence-corrected chi connectivity index (χ0v) is 10.5. The maximum Gasteiger partial charge on any atom is 0.159 e. The monoisotopic (exact) mass is 209 g/mol. The van der Waals surface area contributed by atoms with Crippen molar-refractivity contribution >= 4 is 5.78 Å². The molecule has 0 saturated heterocycles. The highest BCUT2D eigenvalue weighted by Gasteiger charge is 1.96. The third-order valence-electron chi connectivity index (χ3n) is 1.77. The summed E-state index contributed by atoms with van der Waals surface area (Å²) in [4.78, 5) is 10.8. The predicted octanol–water partition coefficient (Wildman–Crippen LogP) is 3.05. The van der Waals surface area contributed by atoms with Gasteiger partial charge in [-0.3, -0.25) is 4.79 Å². The molecular formula is C13H23NO. The van der Waals surface area contributed by atoms with Crippen LogP contribution < -0.4 is 5.73 Å². The molecule has 0 atom stereocenters. The Labute approximate surface area is 93.5 Å². The molecule has 0 bridgehead atoms. The molecule has 1 rings (SSSR count). The summed E-state index contributed by atoms with van der Waals surface area (Å²) in [5, 5.41) is 0. The lowest BCUT2D eigenvalue weighted by Crippen LogP contribution is -1.91. The highest BCUT2D eigenvalue weighted by atomic mass is 16.1. The van der Waals surface area contributed by atoms with Crippen molar-refractivity contribution in [3.05, 3.63) is 35.4 Å². The number of benzene rings is 1. The largest absolute Gasteiger partial charge is 0.333 e. The van der Waals surface area contributed by atoms with Crippen molar-refractivity contribution in [2.75, 3.05) is 7.05 Å². The lowest BCUT2D eigenvalue weighted by molar-refractivity contribution is 0.101. The zero-order valence-electron chi connectivity index (χ0n) is 10.5. The highest BCUT2D eigenvalue weighted by molar-refractivity contribution is 5.93. The Balaban J connectivity index is 0. The first kappa shape index (κ1) is 16.3. The standard InChI is InChI=1S/C10H12O.C2H6.CH5N/c1-3-9-4-6-10(7-5-9)8(2)11;2*1-2/h4-7H,3H2,1-2H3;1-2H3;2H2,1H3. The van der Waals surface area contributed by atoms with Gasteiger partial charge in [0, 0.05) is 5.56 Å². The number of carbonyl (C=O) groups excluding carboxylic acids is 1. The van der Waals surface area contributed by atoms with Gasteiger partial charge in [-0.05, 0) is 26.0 Å². The molecule has 0 aromatic heterocycles. The minimum absolute atomic E-state index is 0.132. The van der Waals surface area contributed by atoms with Crippen LogP contribution in [0.15, 0.2) is 24.3 Å². The van der Waals surface area contributed by atoms with Crippen LogP contribution in [0.4, 0.5) is 0 Å². The molecule has 15 heavy (non-hydrogen) atoms. The van der Waals surface area contributed by atoms with Gasteiger partial charge in [0.15, 0.2) is 5.78 Å². The minimum atomic E-state index is 0.132. The van der Waals surface area contributed by atoms with Crippen LogP contribution in [0.2, 0.25) is 0 Å². The van der Waals surface area contributed by atoms with Crippen LogP contribution in [-0.2, 0) is 6.42 Å². The number of carbonyl (C=O) groups is 1. The number of hydrogen-bond donors (Lipinski definition) is 1. The SMILES string of the molecule is CC.CCc1ccc(C(C)=O)cc1.CN. The van der Waals surface area contributed by atoms with Crippen LogP contribution in [0.3, 0.4) is 0 Å². The Morgan fingerprint density at radius 2 is 1.53 bits per heavy atom. The Hall–Kier alpha value is -1.15. The maximum absolute atomic E-state index is 10.8. The molecule has 0 unspecified atom stereocenters. The van der Waals surface area contributed by atoms with E-state index in [2.05, 4.69) is 12.7 Å². The second kappa shape index (κ2) is 10.9. The fraction of sp³-hybridized carbons (Fsp3) is 0.462. The van der Waals surface area contributed by atoms with Gasteiger partial charge in [-0.25, -0.2) is 0 Å². The van der Waals surface area contributed by atoms with E-state index < -0.39 is 0 Å². The molecule has 1 aromatic carbocycles. The minimum Gasteiger partial charge on any atom is -0.333 e. The summed E-state index contributed by atoms with van der Waals surface area (Å²) >= 11 is 0. The van der Waals surface area contributed by atoms with Crippen molar-refractivity contribution in [1.29, 1.82) is 0 Å². The van der Waals surface area contributed by atoms with Crippen molar-refractivity contribution in [2.45, 2.75) is 34.1 Å². The van der Waals surface area contributed by atoms with Gasteiger partial charge in [0.25, 0.3) is 0 Å². The highest BCUT2D eigenvalue weighted by Crippen LogP contribution is 2.04. The van der Waals surface area contributed by atoms with Crippen molar-refractivity contribution in [1.82, 2.24) is 0 Å². The van der Waals surface area contributed by atoms with E-state index in [1.54, 1.807) is 6.92 Å². The fourth-order valence-electron chi connectivity index (χ4n) is 0.975. The number of aryl methyl sites for hydroxylation is 1. The summed E-state index contributed by atoms with van der Waals surface area (Å²) < 4.78 is 0. The molecule has 1 aromatic rings. The molecule has 0 radical (unpaired) electrons. The van der Waals surface area contributed by atoms with Gasteiger partial charge in [0.05, 0.1) is 0 Å². The smallest absolute Gasteiger partial charge is 0.159 e. The van der Waals surface area contributed by atoms with Crippen LogP contribution in [0.5, 0.6) is 0 Å². The van der Waals surface area contributed by atoms with E-state index in [1.807, 2.05) is 38.1 Å². The topological polar surface area (TPSA) is 43.1 Å². The van der Waals surface area contributed by atoms with E-state index >= 15 is 0 Å². The van der Waals surface area contributed by atoms with Crippen molar-refractivity contribution < 1.29 is 4.79 Å². The van der Waals surface area contributed by atoms with E-state index in [0.717, 1.165) is 12.0 Å². The van der Waals surface area contributed by atoms with Crippen LogP contribution in [0.25, 0.3) is 0 Å². The Morgan fingerprint density at radius 1 is 1.13 bits per heavy atom. The van der Waals surface area contributed by atoms with Crippen LogP contribution in [0, 0.1) is 0 Å². The molecular weight excluding hydrogens is 186 g/mol. The number of hydrogen-bond acceptors (Lipinski definition) is 2. The van der Waals surface area contributed by atoms with Gasteiger partial charge in [-0.15, -0.1) is 0 Å². The normalized spacial score (nSPS) is 7.87. The van der Waals surface area contributed by atoms with Crippen LogP contribution in [0.1, 0.15) is 43.6 Å². The summed E-state index contributed by atoms with van der Waals surface area (Å²) in [5.74, 6) is 0.132. The molecule has 86 valence electrons. The number of ketones is 1. The van der Waals surface area contributed by atoms with Crippen LogP contribution in [-0.4, -0.2) is 12.8 Å². The zero-order chi connectivity index (χ0) is 12.3. The third kappa shape index (κ3) is 6.86. The molecule has 0 heterocycles.